The van der Waals surface area contributed by atoms with E-state index in [0.29, 0.717) is 5.92 Å². The fraction of sp³-hybridized carbons (Fsp3) is 0.375. The van der Waals surface area contributed by atoms with Crippen LogP contribution in [-0.4, -0.2) is 9.55 Å². The van der Waals surface area contributed by atoms with Gasteiger partial charge in [0.15, 0.2) is 0 Å². The van der Waals surface area contributed by atoms with Gasteiger partial charge in [-0.15, -0.1) is 0 Å². The van der Waals surface area contributed by atoms with Crippen molar-refractivity contribution >= 4 is 23.2 Å². The Kier molecular flexibility index (Phi) is 8.44. The molecule has 0 amide bonds. The summed E-state index contributed by atoms with van der Waals surface area (Å²) in [6.45, 7) is 1.04. The van der Waals surface area contributed by atoms with Crippen LogP contribution in [0.5, 0.6) is 0 Å². The van der Waals surface area contributed by atoms with Gasteiger partial charge in [-0.05, 0) is 73.8 Å². The molecule has 0 bridgehead atoms. The van der Waals surface area contributed by atoms with Crippen molar-refractivity contribution in [1.29, 1.82) is 0 Å². The highest BCUT2D eigenvalue weighted by Gasteiger charge is 2.11. The number of halogens is 2. The van der Waals surface area contributed by atoms with E-state index in [1.54, 1.807) is 0 Å². The van der Waals surface area contributed by atoms with Crippen LogP contribution in [0.15, 0.2) is 67.3 Å². The molecule has 0 spiro atoms. The van der Waals surface area contributed by atoms with E-state index >= 15 is 0 Å². The summed E-state index contributed by atoms with van der Waals surface area (Å²) in [5.74, 6) is 0.715. The second kappa shape index (κ2) is 11.3. The van der Waals surface area contributed by atoms with Crippen molar-refractivity contribution in [3.05, 3.63) is 88.4 Å². The van der Waals surface area contributed by atoms with E-state index in [1.165, 1.54) is 43.2 Å². The summed E-state index contributed by atoms with van der Waals surface area (Å²) in [6, 6.07) is 16.5. The van der Waals surface area contributed by atoms with Gasteiger partial charge in [-0.2, -0.15) is 0 Å². The Labute approximate surface area is 178 Å². The Hall–Kier alpha value is -1.77. The quantitative estimate of drug-likeness (QED) is 0.323. The van der Waals surface area contributed by atoms with E-state index in [0.717, 1.165) is 29.4 Å². The van der Waals surface area contributed by atoms with Crippen molar-refractivity contribution in [3.63, 3.8) is 0 Å². The van der Waals surface area contributed by atoms with Gasteiger partial charge in [0.2, 0.25) is 0 Å². The van der Waals surface area contributed by atoms with Crippen LogP contribution < -0.4 is 0 Å². The predicted molar refractivity (Wildman–Crippen MR) is 119 cm³/mol. The summed E-state index contributed by atoms with van der Waals surface area (Å²) in [6.07, 6.45) is 14.0. The minimum Gasteiger partial charge on any atom is -0.337 e. The van der Waals surface area contributed by atoms with Gasteiger partial charge in [0.1, 0.15) is 0 Å². The molecule has 148 valence electrons. The molecular weight excluding hydrogens is 387 g/mol. The second-order valence-corrected chi connectivity index (χ2v) is 8.30. The number of hydrogen-bond donors (Lipinski definition) is 0. The third-order valence-corrected chi connectivity index (χ3v) is 5.98. The van der Waals surface area contributed by atoms with Gasteiger partial charge in [0, 0.05) is 29.0 Å². The average molecular weight is 415 g/mol. The molecule has 3 rings (SSSR count). The molecule has 0 aliphatic carbocycles. The molecule has 2 nitrogen and oxygen atoms in total. The van der Waals surface area contributed by atoms with Gasteiger partial charge in [-0.1, -0.05) is 60.0 Å². The molecule has 0 aliphatic heterocycles. The third kappa shape index (κ3) is 7.00. The summed E-state index contributed by atoms with van der Waals surface area (Å²) in [4.78, 5) is 4.13. The van der Waals surface area contributed by atoms with Crippen LogP contribution in [0, 0.1) is 5.92 Å². The number of aromatic nitrogens is 2. The number of rotatable bonds is 11. The SMILES string of the molecule is Clc1ccc(CCCC(CCCn2ccnc2)CCc2ccccc2Cl)cc1. The molecule has 1 heterocycles. The van der Waals surface area contributed by atoms with Crippen LogP contribution in [0.2, 0.25) is 10.0 Å². The van der Waals surface area contributed by atoms with Gasteiger partial charge in [-0.25, -0.2) is 4.98 Å². The molecule has 1 unspecified atom stereocenters. The van der Waals surface area contributed by atoms with E-state index in [9.17, 15) is 0 Å². The molecule has 1 aromatic heterocycles. The van der Waals surface area contributed by atoms with Crippen LogP contribution in [-0.2, 0) is 19.4 Å². The van der Waals surface area contributed by atoms with Gasteiger partial charge >= 0.3 is 0 Å². The van der Waals surface area contributed by atoms with E-state index in [4.69, 9.17) is 23.2 Å². The van der Waals surface area contributed by atoms with Crippen molar-refractivity contribution in [3.8, 4) is 0 Å². The third-order valence-electron chi connectivity index (χ3n) is 5.36. The summed E-state index contributed by atoms with van der Waals surface area (Å²) < 4.78 is 2.17. The molecule has 3 aromatic rings. The van der Waals surface area contributed by atoms with Crippen molar-refractivity contribution in [2.24, 2.45) is 5.92 Å². The first-order valence-electron chi connectivity index (χ1n) is 10.1. The van der Waals surface area contributed by atoms with Gasteiger partial charge in [0.25, 0.3) is 0 Å². The molecule has 0 N–H and O–H groups in total. The zero-order valence-corrected chi connectivity index (χ0v) is 17.7. The molecule has 0 radical (unpaired) electrons. The highest BCUT2D eigenvalue weighted by Crippen LogP contribution is 2.25. The lowest BCUT2D eigenvalue weighted by molar-refractivity contribution is 0.386. The van der Waals surface area contributed by atoms with Gasteiger partial charge in [-0.3, -0.25) is 0 Å². The Morgan fingerprint density at radius 2 is 1.64 bits per heavy atom. The van der Waals surface area contributed by atoms with Crippen LogP contribution >= 0.6 is 23.2 Å². The lowest BCUT2D eigenvalue weighted by Crippen LogP contribution is -2.06. The molecule has 1 atom stereocenters. The zero-order valence-electron chi connectivity index (χ0n) is 16.2. The van der Waals surface area contributed by atoms with Crippen LogP contribution in [0.4, 0.5) is 0 Å². The Balaban J connectivity index is 1.50. The maximum absolute atomic E-state index is 6.36. The first-order valence-corrected chi connectivity index (χ1v) is 10.9. The molecular formula is C24H28Cl2N2. The fourth-order valence-electron chi connectivity index (χ4n) is 3.72. The molecule has 2 aromatic carbocycles. The Bertz CT molecular complexity index is 813. The number of imidazole rings is 1. The van der Waals surface area contributed by atoms with Crippen molar-refractivity contribution in [1.82, 2.24) is 9.55 Å². The van der Waals surface area contributed by atoms with Crippen LogP contribution in [0.1, 0.15) is 43.2 Å². The van der Waals surface area contributed by atoms with E-state index in [-0.39, 0.29) is 0 Å². The number of nitrogens with zero attached hydrogens (tertiary/aromatic N) is 2. The summed E-state index contributed by atoms with van der Waals surface area (Å²) >= 11 is 12.3. The number of hydrogen-bond acceptors (Lipinski definition) is 1. The minimum atomic E-state index is 0.715. The Morgan fingerprint density at radius 1 is 0.857 bits per heavy atom. The maximum atomic E-state index is 6.36. The standard InChI is InChI=1S/C24H28Cl2N2/c25-23-14-11-21(12-15-23)6-3-5-20(7-4-17-28-18-16-27-19-28)10-13-22-8-1-2-9-24(22)26/h1-2,8-9,11-12,14-16,18-20H,3-7,10,13,17H2. The first-order chi connectivity index (χ1) is 13.7. The normalized spacial score (nSPS) is 12.2. The van der Waals surface area contributed by atoms with Gasteiger partial charge < -0.3 is 4.57 Å². The molecule has 0 saturated heterocycles. The monoisotopic (exact) mass is 414 g/mol. The van der Waals surface area contributed by atoms with Crippen molar-refractivity contribution in [2.45, 2.75) is 51.5 Å². The zero-order chi connectivity index (χ0) is 19.6. The van der Waals surface area contributed by atoms with Crippen LogP contribution in [0.25, 0.3) is 0 Å². The van der Waals surface area contributed by atoms with E-state index in [1.807, 2.05) is 43.0 Å². The largest absolute Gasteiger partial charge is 0.337 e. The predicted octanol–water partition coefficient (Wildman–Crippen LogP) is 7.24. The van der Waals surface area contributed by atoms with Crippen LogP contribution in [0.3, 0.4) is 0 Å². The lowest BCUT2D eigenvalue weighted by Gasteiger charge is -2.18. The smallest absolute Gasteiger partial charge is 0.0945 e. The minimum absolute atomic E-state index is 0.715. The molecule has 0 saturated carbocycles. The van der Waals surface area contributed by atoms with E-state index in [2.05, 4.69) is 33.8 Å². The highest BCUT2D eigenvalue weighted by atomic mass is 35.5. The molecule has 4 heteroatoms. The van der Waals surface area contributed by atoms with Crippen molar-refractivity contribution < 1.29 is 0 Å². The number of benzene rings is 2. The van der Waals surface area contributed by atoms with E-state index < -0.39 is 0 Å². The van der Waals surface area contributed by atoms with Gasteiger partial charge in [0.05, 0.1) is 6.33 Å². The number of aryl methyl sites for hydroxylation is 3. The van der Waals surface area contributed by atoms with Crippen molar-refractivity contribution in [2.75, 3.05) is 0 Å². The maximum Gasteiger partial charge on any atom is 0.0945 e. The average Bonchev–Trinajstić information content (AvgIpc) is 3.22. The lowest BCUT2D eigenvalue weighted by atomic mass is 9.89. The Morgan fingerprint density at radius 3 is 2.39 bits per heavy atom. The molecule has 0 fully saturated rings. The summed E-state index contributed by atoms with van der Waals surface area (Å²) in [5, 5.41) is 1.70. The second-order valence-electron chi connectivity index (χ2n) is 7.46. The molecule has 0 aliphatic rings. The highest BCUT2D eigenvalue weighted by molar-refractivity contribution is 6.31. The fourth-order valence-corrected chi connectivity index (χ4v) is 4.08. The summed E-state index contributed by atoms with van der Waals surface area (Å²) in [5.41, 5.74) is 2.63. The topological polar surface area (TPSA) is 17.8 Å². The molecule has 28 heavy (non-hydrogen) atoms. The summed E-state index contributed by atoms with van der Waals surface area (Å²) in [7, 11) is 0. The first kappa shape index (κ1) is 21.0.